The van der Waals surface area contributed by atoms with Gasteiger partial charge in [0.25, 0.3) is 0 Å². The zero-order valence-electron chi connectivity index (χ0n) is 8.34. The predicted octanol–water partition coefficient (Wildman–Crippen LogP) is 3.62. The second-order valence-electron chi connectivity index (χ2n) is 3.55. The zero-order valence-corrected chi connectivity index (χ0v) is 9.98. The Morgan fingerprint density at radius 1 is 0.875 bits per heavy atom. The Labute approximate surface area is 98.7 Å². The van der Waals surface area contributed by atoms with Crippen LogP contribution in [0.3, 0.4) is 0 Å². The van der Waals surface area contributed by atoms with Gasteiger partial charge in [0, 0.05) is 9.79 Å². The summed E-state index contributed by atoms with van der Waals surface area (Å²) in [7, 11) is -2.82. The number of fused-ring (bicyclic) bond motifs is 2. The number of rotatable bonds is 0. The van der Waals surface area contributed by atoms with Crippen LogP contribution in [0, 0.1) is 4.78 Å². The van der Waals surface area contributed by atoms with E-state index in [0.717, 1.165) is 9.79 Å². The van der Waals surface area contributed by atoms with E-state index in [1.807, 2.05) is 36.4 Å². The summed E-state index contributed by atoms with van der Waals surface area (Å²) in [6.07, 6.45) is 0. The average Bonchev–Trinajstić information content (AvgIpc) is 2.29. The summed E-state index contributed by atoms with van der Waals surface area (Å²) >= 11 is 1.59. The van der Waals surface area contributed by atoms with Crippen molar-refractivity contribution >= 4 is 21.5 Å². The molecule has 1 N–H and O–H groups in total. The molecule has 0 aromatic heterocycles. The van der Waals surface area contributed by atoms with Crippen LogP contribution in [0.4, 0.5) is 0 Å². The van der Waals surface area contributed by atoms with Gasteiger partial charge in [0.05, 0.1) is 9.79 Å². The number of benzene rings is 2. The molecule has 0 radical (unpaired) electrons. The van der Waals surface area contributed by atoms with E-state index >= 15 is 0 Å². The number of hydrogen-bond acceptors (Lipinski definition) is 3. The van der Waals surface area contributed by atoms with E-state index in [-0.39, 0.29) is 0 Å². The minimum atomic E-state index is -2.82. The molecule has 4 heteroatoms. The molecule has 16 heavy (non-hydrogen) atoms. The first-order valence-corrected chi connectivity index (χ1v) is 7.22. The van der Waals surface area contributed by atoms with Crippen LogP contribution < -0.4 is 0 Å². The zero-order chi connectivity index (χ0) is 11.2. The Kier molecular flexibility index (Phi) is 2.09. The molecule has 2 nitrogen and oxygen atoms in total. The lowest BCUT2D eigenvalue weighted by atomic mass is 10.3. The summed E-state index contributed by atoms with van der Waals surface area (Å²) in [6, 6.07) is 14.9. The Morgan fingerprint density at radius 2 is 1.31 bits per heavy atom. The van der Waals surface area contributed by atoms with Crippen molar-refractivity contribution in [2.45, 2.75) is 19.6 Å². The maximum absolute atomic E-state index is 12.5. The maximum atomic E-state index is 12.5. The molecular weight excluding hydrogens is 238 g/mol. The van der Waals surface area contributed by atoms with Crippen molar-refractivity contribution in [2.75, 3.05) is 0 Å². The van der Waals surface area contributed by atoms with Crippen LogP contribution in [-0.4, -0.2) is 4.21 Å². The van der Waals surface area contributed by atoms with Crippen molar-refractivity contribution < 1.29 is 4.21 Å². The van der Waals surface area contributed by atoms with Crippen molar-refractivity contribution in [2.24, 2.45) is 0 Å². The van der Waals surface area contributed by atoms with E-state index in [9.17, 15) is 4.21 Å². The van der Waals surface area contributed by atoms with Gasteiger partial charge in [0.2, 0.25) is 0 Å². The molecule has 2 aromatic rings. The first kappa shape index (κ1) is 9.93. The highest BCUT2D eigenvalue weighted by Crippen LogP contribution is 2.44. The Hall–Kier alpha value is -1.26. The van der Waals surface area contributed by atoms with Gasteiger partial charge < -0.3 is 0 Å². The maximum Gasteiger partial charge on any atom is 0.103 e. The number of nitrogens with one attached hydrogen (secondary N) is 1. The Morgan fingerprint density at radius 3 is 1.81 bits per heavy atom. The predicted molar refractivity (Wildman–Crippen MR) is 64.4 cm³/mol. The lowest BCUT2D eigenvalue weighted by molar-refractivity contribution is 0.670. The molecule has 0 saturated carbocycles. The van der Waals surface area contributed by atoms with Gasteiger partial charge in [-0.2, -0.15) is 0 Å². The average molecular weight is 247 g/mol. The lowest BCUT2D eigenvalue weighted by Gasteiger charge is -2.20. The summed E-state index contributed by atoms with van der Waals surface area (Å²) in [5, 5.41) is 0. The quantitative estimate of drug-likeness (QED) is 0.659. The molecule has 80 valence electrons. The van der Waals surface area contributed by atoms with Crippen LogP contribution in [0.1, 0.15) is 0 Å². The van der Waals surface area contributed by atoms with Crippen LogP contribution in [0.2, 0.25) is 0 Å². The topological polar surface area (TPSA) is 40.9 Å². The molecular formula is C12H9NOS2. The van der Waals surface area contributed by atoms with Gasteiger partial charge in [-0.15, -0.1) is 0 Å². The molecule has 0 spiro atoms. The molecule has 3 rings (SSSR count). The van der Waals surface area contributed by atoms with Gasteiger partial charge in [-0.05, 0) is 24.3 Å². The van der Waals surface area contributed by atoms with Crippen LogP contribution >= 0.6 is 11.8 Å². The third-order valence-corrected chi connectivity index (χ3v) is 5.90. The molecule has 0 unspecified atom stereocenters. The standard InChI is InChI=1S/C12H9NOS2/c13-16(14)11-7-3-1-5-9(11)15-10-6-2-4-8-12(10)16/h1-8,13H. The first-order valence-electron chi connectivity index (χ1n) is 4.84. The fourth-order valence-corrected chi connectivity index (χ4v) is 5.08. The fraction of sp³-hybridized carbons (Fsp3) is 0. The highest BCUT2D eigenvalue weighted by atomic mass is 32.2. The van der Waals surface area contributed by atoms with Crippen LogP contribution in [-0.2, 0) is 9.73 Å². The molecule has 0 bridgehead atoms. The highest BCUT2D eigenvalue weighted by molar-refractivity contribution is 8.02. The smallest absolute Gasteiger partial charge is 0.103 e. The fourth-order valence-electron chi connectivity index (χ4n) is 1.78. The van der Waals surface area contributed by atoms with Gasteiger partial charge in [-0.1, -0.05) is 36.0 Å². The SMILES string of the molecule is N=S1(=O)c2ccccc2Sc2ccccc21. The van der Waals surface area contributed by atoms with E-state index < -0.39 is 9.73 Å². The van der Waals surface area contributed by atoms with Crippen molar-refractivity contribution in [3.8, 4) is 0 Å². The normalized spacial score (nSPS) is 16.2. The van der Waals surface area contributed by atoms with Gasteiger partial charge >= 0.3 is 0 Å². The molecule has 1 heterocycles. The minimum absolute atomic E-state index is 0.638. The van der Waals surface area contributed by atoms with Crippen molar-refractivity contribution in [1.82, 2.24) is 0 Å². The second kappa shape index (κ2) is 3.37. The summed E-state index contributed by atoms with van der Waals surface area (Å²) < 4.78 is 20.6. The summed E-state index contributed by atoms with van der Waals surface area (Å²) in [6.45, 7) is 0. The van der Waals surface area contributed by atoms with Crippen molar-refractivity contribution in [3.05, 3.63) is 48.5 Å². The van der Waals surface area contributed by atoms with Crippen molar-refractivity contribution in [3.63, 3.8) is 0 Å². The minimum Gasteiger partial charge on any atom is -0.245 e. The van der Waals surface area contributed by atoms with E-state index in [2.05, 4.69) is 0 Å². The molecule has 1 aliphatic heterocycles. The molecule has 0 amide bonds. The van der Waals surface area contributed by atoms with E-state index in [4.69, 9.17) is 4.78 Å². The van der Waals surface area contributed by atoms with Gasteiger partial charge in [0.15, 0.2) is 0 Å². The third-order valence-electron chi connectivity index (χ3n) is 2.54. The molecule has 0 aliphatic carbocycles. The van der Waals surface area contributed by atoms with Gasteiger partial charge in [-0.3, -0.25) is 0 Å². The monoisotopic (exact) mass is 247 g/mol. The van der Waals surface area contributed by atoms with Crippen LogP contribution in [0.5, 0.6) is 0 Å². The molecule has 1 aliphatic rings. The van der Waals surface area contributed by atoms with E-state index in [1.54, 1.807) is 23.9 Å². The first-order chi connectivity index (χ1) is 7.69. The van der Waals surface area contributed by atoms with Crippen LogP contribution in [0.25, 0.3) is 0 Å². The Bertz CT molecular complexity index is 611. The van der Waals surface area contributed by atoms with E-state index in [1.165, 1.54) is 0 Å². The van der Waals surface area contributed by atoms with Gasteiger partial charge in [0.1, 0.15) is 9.73 Å². The summed E-state index contributed by atoms with van der Waals surface area (Å²) in [5.41, 5.74) is 0. The molecule has 0 fully saturated rings. The molecule has 2 aromatic carbocycles. The summed E-state index contributed by atoms with van der Waals surface area (Å²) in [5.74, 6) is 0. The highest BCUT2D eigenvalue weighted by Gasteiger charge is 2.25. The second-order valence-corrected chi connectivity index (χ2v) is 6.63. The largest absolute Gasteiger partial charge is 0.245 e. The summed E-state index contributed by atoms with van der Waals surface area (Å²) in [4.78, 5) is 3.14. The lowest BCUT2D eigenvalue weighted by Crippen LogP contribution is -2.07. The Balaban J connectivity index is 2.37. The van der Waals surface area contributed by atoms with E-state index in [0.29, 0.717) is 9.79 Å². The molecule has 0 saturated heterocycles. The number of hydrogen-bond donors (Lipinski definition) is 1. The van der Waals surface area contributed by atoms with Gasteiger partial charge in [-0.25, -0.2) is 8.99 Å². The third kappa shape index (κ3) is 1.30. The van der Waals surface area contributed by atoms with Crippen molar-refractivity contribution in [1.29, 1.82) is 4.78 Å². The van der Waals surface area contributed by atoms with Crippen LogP contribution in [0.15, 0.2) is 68.1 Å². The molecule has 0 atom stereocenters.